The lowest BCUT2D eigenvalue weighted by Gasteiger charge is -2.04. The highest BCUT2D eigenvalue weighted by Gasteiger charge is 2.24. The number of nitrogens with zero attached hydrogens (tertiary/aromatic N) is 3. The number of thiophene rings is 1. The number of pyridine rings is 1. The zero-order valence-corrected chi connectivity index (χ0v) is 11.5. The zero-order chi connectivity index (χ0) is 13.0. The molecule has 19 heavy (non-hydrogen) atoms. The summed E-state index contributed by atoms with van der Waals surface area (Å²) in [6, 6.07) is 1.95. The van der Waals surface area contributed by atoms with Crippen LogP contribution in [0.2, 0.25) is 0 Å². The molecule has 3 heterocycles. The van der Waals surface area contributed by atoms with Crippen molar-refractivity contribution in [1.82, 2.24) is 14.5 Å². The maximum atomic E-state index is 6.22. The SMILES string of the molecule is Cn1c(-c2c(N)sc3c2CCC3)nc2ccncc21. The van der Waals surface area contributed by atoms with Crippen molar-refractivity contribution in [3.8, 4) is 11.4 Å². The van der Waals surface area contributed by atoms with Crippen LogP contribution in [0.5, 0.6) is 0 Å². The van der Waals surface area contributed by atoms with Crippen LogP contribution in [-0.2, 0) is 19.9 Å². The van der Waals surface area contributed by atoms with Crippen molar-refractivity contribution < 1.29 is 0 Å². The van der Waals surface area contributed by atoms with Gasteiger partial charge in [-0.15, -0.1) is 11.3 Å². The summed E-state index contributed by atoms with van der Waals surface area (Å²) in [7, 11) is 2.03. The van der Waals surface area contributed by atoms with Crippen LogP contribution >= 0.6 is 11.3 Å². The number of aromatic nitrogens is 3. The topological polar surface area (TPSA) is 56.7 Å². The van der Waals surface area contributed by atoms with Gasteiger partial charge >= 0.3 is 0 Å². The second-order valence-electron chi connectivity index (χ2n) is 4.96. The lowest BCUT2D eigenvalue weighted by Crippen LogP contribution is -1.96. The third kappa shape index (κ3) is 1.45. The molecule has 0 saturated heterocycles. The van der Waals surface area contributed by atoms with Gasteiger partial charge in [0.15, 0.2) is 0 Å². The van der Waals surface area contributed by atoms with Crippen LogP contribution in [0.1, 0.15) is 16.9 Å². The molecule has 0 saturated carbocycles. The number of anilines is 1. The van der Waals surface area contributed by atoms with Crippen molar-refractivity contribution in [2.45, 2.75) is 19.3 Å². The van der Waals surface area contributed by atoms with E-state index in [1.165, 1.54) is 16.9 Å². The van der Waals surface area contributed by atoms with Crippen LogP contribution in [0.15, 0.2) is 18.5 Å². The molecule has 1 aliphatic rings. The summed E-state index contributed by atoms with van der Waals surface area (Å²) in [6.45, 7) is 0. The number of rotatable bonds is 1. The molecule has 0 unspecified atom stereocenters. The standard InChI is InChI=1S/C14H14N4S/c1-18-10-7-16-6-5-9(10)17-14(18)12-8-3-2-4-11(8)19-13(12)15/h5-7H,2-4,15H2,1H3. The largest absolute Gasteiger partial charge is 0.390 e. The molecule has 4 nitrogen and oxygen atoms in total. The van der Waals surface area contributed by atoms with Gasteiger partial charge < -0.3 is 10.3 Å². The molecule has 2 N–H and O–H groups in total. The van der Waals surface area contributed by atoms with E-state index in [2.05, 4.69) is 9.55 Å². The van der Waals surface area contributed by atoms with E-state index in [4.69, 9.17) is 10.7 Å². The summed E-state index contributed by atoms with van der Waals surface area (Å²) < 4.78 is 2.10. The van der Waals surface area contributed by atoms with Crippen LogP contribution in [-0.4, -0.2) is 14.5 Å². The van der Waals surface area contributed by atoms with E-state index in [9.17, 15) is 0 Å². The molecule has 3 aromatic rings. The summed E-state index contributed by atoms with van der Waals surface area (Å²) in [4.78, 5) is 10.4. The smallest absolute Gasteiger partial charge is 0.144 e. The quantitative estimate of drug-likeness (QED) is 0.739. The van der Waals surface area contributed by atoms with Gasteiger partial charge in [0.1, 0.15) is 5.82 Å². The van der Waals surface area contributed by atoms with Crippen molar-refractivity contribution in [3.05, 3.63) is 28.9 Å². The Labute approximate surface area is 114 Å². The molecule has 4 rings (SSSR count). The van der Waals surface area contributed by atoms with Gasteiger partial charge in [-0.2, -0.15) is 0 Å². The van der Waals surface area contributed by atoms with Gasteiger partial charge in [-0.05, 0) is 30.9 Å². The molecule has 0 aliphatic heterocycles. The molecule has 0 fully saturated rings. The van der Waals surface area contributed by atoms with E-state index in [1.807, 2.05) is 19.3 Å². The first-order chi connectivity index (χ1) is 9.25. The summed E-state index contributed by atoms with van der Waals surface area (Å²) in [5.74, 6) is 0.972. The molecule has 0 spiro atoms. The fraction of sp³-hybridized carbons (Fsp3) is 0.286. The van der Waals surface area contributed by atoms with Crippen LogP contribution in [0.25, 0.3) is 22.4 Å². The minimum absolute atomic E-state index is 0.899. The Hall–Kier alpha value is -1.88. The average molecular weight is 270 g/mol. The molecule has 0 radical (unpaired) electrons. The van der Waals surface area contributed by atoms with E-state index < -0.39 is 0 Å². The van der Waals surface area contributed by atoms with E-state index in [0.717, 1.165) is 40.3 Å². The molecule has 96 valence electrons. The van der Waals surface area contributed by atoms with E-state index in [-0.39, 0.29) is 0 Å². The Morgan fingerprint density at radius 3 is 3.11 bits per heavy atom. The van der Waals surface area contributed by atoms with Crippen LogP contribution in [0, 0.1) is 0 Å². The lowest BCUT2D eigenvalue weighted by molar-refractivity contribution is 0.910. The Morgan fingerprint density at radius 1 is 1.37 bits per heavy atom. The van der Waals surface area contributed by atoms with Crippen molar-refractivity contribution in [1.29, 1.82) is 0 Å². The number of imidazole rings is 1. The maximum absolute atomic E-state index is 6.22. The highest BCUT2D eigenvalue weighted by molar-refractivity contribution is 7.16. The van der Waals surface area contributed by atoms with Gasteiger partial charge in [-0.3, -0.25) is 4.98 Å². The summed E-state index contributed by atoms with van der Waals surface area (Å²) in [5, 5.41) is 0.899. The lowest BCUT2D eigenvalue weighted by atomic mass is 10.1. The minimum atomic E-state index is 0.899. The molecule has 0 atom stereocenters. The van der Waals surface area contributed by atoms with Crippen molar-refractivity contribution in [3.63, 3.8) is 0 Å². The summed E-state index contributed by atoms with van der Waals surface area (Å²) in [5.41, 5.74) is 10.8. The Morgan fingerprint density at radius 2 is 2.26 bits per heavy atom. The number of nitrogen functional groups attached to an aromatic ring is 1. The normalized spacial score (nSPS) is 14.2. The Balaban J connectivity index is 2.03. The molecule has 0 aromatic carbocycles. The molecule has 5 heteroatoms. The zero-order valence-electron chi connectivity index (χ0n) is 10.7. The first kappa shape index (κ1) is 11.0. The van der Waals surface area contributed by atoms with E-state index in [1.54, 1.807) is 17.5 Å². The summed E-state index contributed by atoms with van der Waals surface area (Å²) in [6.07, 6.45) is 7.16. The Kier molecular flexibility index (Phi) is 2.20. The fourth-order valence-electron chi connectivity index (χ4n) is 2.93. The Bertz CT molecular complexity index is 784. The van der Waals surface area contributed by atoms with Crippen molar-refractivity contribution >= 4 is 27.4 Å². The number of nitrogens with two attached hydrogens (primary N) is 1. The molecular formula is C14H14N4S. The monoisotopic (exact) mass is 270 g/mol. The van der Waals surface area contributed by atoms with Gasteiger partial charge in [-0.25, -0.2) is 4.98 Å². The minimum Gasteiger partial charge on any atom is -0.390 e. The second-order valence-corrected chi connectivity index (χ2v) is 6.09. The van der Waals surface area contributed by atoms with Gasteiger partial charge in [0.2, 0.25) is 0 Å². The van der Waals surface area contributed by atoms with Crippen molar-refractivity contribution in [2.24, 2.45) is 7.05 Å². The average Bonchev–Trinajstić information content (AvgIpc) is 3.04. The fourth-order valence-corrected chi connectivity index (χ4v) is 4.08. The van der Waals surface area contributed by atoms with Gasteiger partial charge in [-0.1, -0.05) is 0 Å². The molecule has 0 bridgehead atoms. The predicted molar refractivity (Wildman–Crippen MR) is 78.3 cm³/mol. The van der Waals surface area contributed by atoms with Crippen LogP contribution in [0.4, 0.5) is 5.00 Å². The van der Waals surface area contributed by atoms with Gasteiger partial charge in [0.25, 0.3) is 0 Å². The highest BCUT2D eigenvalue weighted by atomic mass is 32.1. The van der Waals surface area contributed by atoms with E-state index in [0.29, 0.717) is 0 Å². The summed E-state index contributed by atoms with van der Waals surface area (Å²) >= 11 is 1.73. The van der Waals surface area contributed by atoms with Crippen LogP contribution < -0.4 is 5.73 Å². The highest BCUT2D eigenvalue weighted by Crippen LogP contribution is 2.43. The molecule has 0 amide bonds. The number of aryl methyl sites for hydroxylation is 2. The van der Waals surface area contributed by atoms with Crippen molar-refractivity contribution in [2.75, 3.05) is 5.73 Å². The third-order valence-electron chi connectivity index (χ3n) is 3.86. The predicted octanol–water partition coefficient (Wildman–Crippen LogP) is 2.77. The van der Waals surface area contributed by atoms with Gasteiger partial charge in [0, 0.05) is 18.1 Å². The first-order valence-electron chi connectivity index (χ1n) is 6.42. The molecular weight excluding hydrogens is 256 g/mol. The molecule has 1 aliphatic carbocycles. The first-order valence-corrected chi connectivity index (χ1v) is 7.24. The second kappa shape index (κ2) is 3.81. The maximum Gasteiger partial charge on any atom is 0.144 e. The third-order valence-corrected chi connectivity index (χ3v) is 4.98. The van der Waals surface area contributed by atoms with Crippen LogP contribution in [0.3, 0.4) is 0 Å². The van der Waals surface area contributed by atoms with Gasteiger partial charge in [0.05, 0.1) is 27.8 Å². The number of hydrogen-bond donors (Lipinski definition) is 1. The number of hydrogen-bond acceptors (Lipinski definition) is 4. The molecule has 3 aromatic heterocycles. The number of fused-ring (bicyclic) bond motifs is 2. The van der Waals surface area contributed by atoms with E-state index >= 15 is 0 Å².